The Labute approximate surface area is 181 Å². The summed E-state index contributed by atoms with van der Waals surface area (Å²) in [7, 11) is 2.19. The second kappa shape index (κ2) is 6.82. The van der Waals surface area contributed by atoms with Crippen LogP contribution in [0.3, 0.4) is 0 Å². The number of nitrogens with zero attached hydrogens (tertiary/aromatic N) is 3. The number of piperidine rings is 1. The molecule has 158 valence electrons. The summed E-state index contributed by atoms with van der Waals surface area (Å²) >= 11 is 1.78. The van der Waals surface area contributed by atoms with Crippen LogP contribution in [-0.2, 0) is 6.61 Å². The molecule has 0 aliphatic carbocycles. The molecule has 0 radical (unpaired) electrons. The first kappa shape index (κ1) is 19.6. The van der Waals surface area contributed by atoms with Gasteiger partial charge in [0, 0.05) is 41.5 Å². The van der Waals surface area contributed by atoms with E-state index in [9.17, 15) is 0 Å². The fourth-order valence-electron chi connectivity index (χ4n) is 5.06. The summed E-state index contributed by atoms with van der Waals surface area (Å²) < 4.78 is 6.08. The molecule has 5 rings (SSSR count). The minimum Gasteiger partial charge on any atom is -0.487 e. The molecular formula is C23H29N5OS. The van der Waals surface area contributed by atoms with Crippen molar-refractivity contribution in [3.05, 3.63) is 36.3 Å². The Balaban J connectivity index is 1.45. The molecule has 2 aliphatic rings. The molecule has 4 heterocycles. The van der Waals surface area contributed by atoms with Crippen molar-refractivity contribution in [3.8, 4) is 27.3 Å². The van der Waals surface area contributed by atoms with Gasteiger partial charge in [0.1, 0.15) is 12.4 Å². The van der Waals surface area contributed by atoms with E-state index in [1.807, 2.05) is 12.4 Å². The van der Waals surface area contributed by atoms with Gasteiger partial charge in [0.25, 0.3) is 0 Å². The first-order valence-electron chi connectivity index (χ1n) is 10.5. The van der Waals surface area contributed by atoms with Crippen molar-refractivity contribution in [2.24, 2.45) is 0 Å². The van der Waals surface area contributed by atoms with Crippen LogP contribution in [0.1, 0.15) is 46.2 Å². The van der Waals surface area contributed by atoms with Gasteiger partial charge in [-0.15, -0.1) is 0 Å². The molecule has 1 saturated heterocycles. The Bertz CT molecular complexity index is 1050. The van der Waals surface area contributed by atoms with Gasteiger partial charge in [-0.1, -0.05) is 17.4 Å². The average molecular weight is 424 g/mol. The van der Waals surface area contributed by atoms with Gasteiger partial charge >= 0.3 is 0 Å². The van der Waals surface area contributed by atoms with E-state index >= 15 is 0 Å². The molecule has 2 N–H and O–H groups in total. The normalized spacial score (nSPS) is 19.6. The van der Waals surface area contributed by atoms with Gasteiger partial charge in [0.2, 0.25) is 0 Å². The number of hydrogen-bond acceptors (Lipinski definition) is 6. The van der Waals surface area contributed by atoms with Crippen molar-refractivity contribution in [1.29, 1.82) is 0 Å². The molecular weight excluding hydrogens is 394 g/mol. The predicted octanol–water partition coefficient (Wildman–Crippen LogP) is 4.84. The predicted molar refractivity (Wildman–Crippen MR) is 122 cm³/mol. The Morgan fingerprint density at radius 2 is 1.90 bits per heavy atom. The number of benzene rings is 1. The van der Waals surface area contributed by atoms with Crippen LogP contribution in [0.25, 0.3) is 21.6 Å². The number of hydrogen-bond donors (Lipinski definition) is 2. The van der Waals surface area contributed by atoms with Crippen LogP contribution in [0, 0.1) is 0 Å². The standard InChI is InChI=1S/C23H29N5OS/c1-22(2)9-16(10-23(3,4)27-22)28(5)21-26-18-13-29-19-8-14(15-11-24-25-12-15)6-7-17(19)20(18)30-21/h6-8,11-12,16,27H,9-10,13H2,1-5H3,(H,24,25). The second-order valence-electron chi connectivity index (χ2n) is 9.82. The monoisotopic (exact) mass is 423 g/mol. The molecule has 0 bridgehead atoms. The number of H-pyrrole nitrogens is 1. The quantitative estimate of drug-likeness (QED) is 0.631. The largest absolute Gasteiger partial charge is 0.487 e. The van der Waals surface area contributed by atoms with Crippen LogP contribution in [0.2, 0.25) is 0 Å². The lowest BCUT2D eigenvalue weighted by molar-refractivity contribution is 0.161. The number of ether oxygens (including phenoxy) is 1. The average Bonchev–Trinajstić information content (AvgIpc) is 3.34. The lowest BCUT2D eigenvalue weighted by Gasteiger charge is -2.48. The molecule has 0 spiro atoms. The zero-order valence-electron chi connectivity index (χ0n) is 18.2. The fourth-order valence-corrected chi connectivity index (χ4v) is 6.19. The number of rotatable bonds is 3. The fraction of sp³-hybridized carbons (Fsp3) is 0.478. The summed E-state index contributed by atoms with van der Waals surface area (Å²) in [6.45, 7) is 9.70. The first-order valence-corrected chi connectivity index (χ1v) is 11.3. The van der Waals surface area contributed by atoms with Gasteiger partial charge < -0.3 is 15.0 Å². The Kier molecular flexibility index (Phi) is 4.45. The molecule has 3 aromatic rings. The van der Waals surface area contributed by atoms with Crippen molar-refractivity contribution in [1.82, 2.24) is 20.5 Å². The molecule has 30 heavy (non-hydrogen) atoms. The number of anilines is 1. The van der Waals surface area contributed by atoms with E-state index in [0.29, 0.717) is 12.6 Å². The van der Waals surface area contributed by atoms with E-state index in [4.69, 9.17) is 9.72 Å². The molecule has 2 aromatic heterocycles. The SMILES string of the molecule is CN(c1nc2c(s1)-c1ccc(-c3cn[nH]c3)cc1OC2)C1CC(C)(C)NC(C)(C)C1. The number of thiazole rings is 1. The van der Waals surface area contributed by atoms with Crippen molar-refractivity contribution in [2.45, 2.75) is 64.3 Å². The summed E-state index contributed by atoms with van der Waals surface area (Å²) in [6, 6.07) is 6.83. The van der Waals surface area contributed by atoms with E-state index in [2.05, 4.69) is 73.4 Å². The number of nitrogens with one attached hydrogen (secondary N) is 2. The van der Waals surface area contributed by atoms with Gasteiger partial charge in [0.05, 0.1) is 16.8 Å². The summed E-state index contributed by atoms with van der Waals surface area (Å²) in [5, 5.41) is 11.8. The number of aromatic nitrogens is 3. The summed E-state index contributed by atoms with van der Waals surface area (Å²) in [5.74, 6) is 0.920. The van der Waals surface area contributed by atoms with Gasteiger partial charge in [0.15, 0.2) is 5.13 Å². The Morgan fingerprint density at radius 1 is 1.13 bits per heavy atom. The van der Waals surface area contributed by atoms with E-state index < -0.39 is 0 Å². The lowest BCUT2D eigenvalue weighted by Crippen LogP contribution is -2.61. The van der Waals surface area contributed by atoms with Gasteiger partial charge in [-0.3, -0.25) is 5.10 Å². The third kappa shape index (κ3) is 3.50. The molecule has 1 fully saturated rings. The van der Waals surface area contributed by atoms with Crippen LogP contribution >= 0.6 is 11.3 Å². The first-order chi connectivity index (χ1) is 14.2. The minimum absolute atomic E-state index is 0.108. The van der Waals surface area contributed by atoms with E-state index in [0.717, 1.165) is 46.1 Å². The number of aromatic amines is 1. The van der Waals surface area contributed by atoms with Gasteiger partial charge in [-0.2, -0.15) is 5.10 Å². The number of fused-ring (bicyclic) bond motifs is 3. The smallest absolute Gasteiger partial charge is 0.186 e. The van der Waals surface area contributed by atoms with Crippen molar-refractivity contribution in [3.63, 3.8) is 0 Å². The lowest BCUT2D eigenvalue weighted by atomic mass is 9.79. The molecule has 0 saturated carbocycles. The molecule has 2 aliphatic heterocycles. The molecule has 0 atom stereocenters. The molecule has 0 amide bonds. The third-order valence-electron chi connectivity index (χ3n) is 6.13. The maximum Gasteiger partial charge on any atom is 0.186 e. The zero-order chi connectivity index (χ0) is 21.1. The van der Waals surface area contributed by atoms with Crippen molar-refractivity contribution in [2.75, 3.05) is 11.9 Å². The molecule has 0 unspecified atom stereocenters. The zero-order valence-corrected chi connectivity index (χ0v) is 19.1. The maximum absolute atomic E-state index is 6.08. The van der Waals surface area contributed by atoms with Crippen LogP contribution in [0.15, 0.2) is 30.6 Å². The third-order valence-corrected chi connectivity index (χ3v) is 7.35. The van der Waals surface area contributed by atoms with Crippen LogP contribution in [0.4, 0.5) is 5.13 Å². The maximum atomic E-state index is 6.08. The Morgan fingerprint density at radius 3 is 2.60 bits per heavy atom. The van der Waals surface area contributed by atoms with Crippen LogP contribution in [-0.4, -0.2) is 39.3 Å². The second-order valence-corrected chi connectivity index (χ2v) is 10.8. The minimum atomic E-state index is 0.108. The van der Waals surface area contributed by atoms with E-state index in [1.165, 1.54) is 4.88 Å². The highest BCUT2D eigenvalue weighted by atomic mass is 32.1. The summed E-state index contributed by atoms with van der Waals surface area (Å²) in [5.41, 5.74) is 4.55. The van der Waals surface area contributed by atoms with E-state index in [-0.39, 0.29) is 11.1 Å². The highest BCUT2D eigenvalue weighted by Crippen LogP contribution is 2.45. The highest BCUT2D eigenvalue weighted by Gasteiger charge is 2.40. The van der Waals surface area contributed by atoms with Gasteiger partial charge in [-0.05, 0) is 58.2 Å². The van der Waals surface area contributed by atoms with Crippen molar-refractivity contribution < 1.29 is 4.74 Å². The van der Waals surface area contributed by atoms with E-state index in [1.54, 1.807) is 11.3 Å². The summed E-state index contributed by atoms with van der Waals surface area (Å²) in [4.78, 5) is 8.58. The molecule has 1 aromatic carbocycles. The Hall–Kier alpha value is -2.38. The molecule has 7 heteroatoms. The van der Waals surface area contributed by atoms with Crippen molar-refractivity contribution >= 4 is 16.5 Å². The topological polar surface area (TPSA) is 66.1 Å². The van der Waals surface area contributed by atoms with Crippen LogP contribution in [0.5, 0.6) is 5.75 Å². The highest BCUT2D eigenvalue weighted by molar-refractivity contribution is 7.19. The van der Waals surface area contributed by atoms with Gasteiger partial charge in [-0.25, -0.2) is 4.98 Å². The summed E-state index contributed by atoms with van der Waals surface area (Å²) in [6.07, 6.45) is 5.92. The molecule has 6 nitrogen and oxygen atoms in total. The van der Waals surface area contributed by atoms with Crippen LogP contribution < -0.4 is 15.0 Å².